The highest BCUT2D eigenvalue weighted by Crippen LogP contribution is 2.24. The van der Waals surface area contributed by atoms with E-state index >= 15 is 0 Å². The van der Waals surface area contributed by atoms with Crippen LogP contribution >= 0.6 is 23.1 Å². The Morgan fingerprint density at radius 1 is 1.62 bits per heavy atom. The lowest BCUT2D eigenvalue weighted by Gasteiger charge is -2.14. The minimum absolute atomic E-state index is 0.413. The quantitative estimate of drug-likeness (QED) is 0.876. The van der Waals surface area contributed by atoms with Crippen molar-refractivity contribution in [2.24, 2.45) is 5.92 Å². The Hall–Kier alpha value is -0.0600. The van der Waals surface area contributed by atoms with Crippen LogP contribution in [0.4, 0.5) is 0 Å². The normalized spacial score (nSPS) is 22.5. The first-order valence-electron chi connectivity index (χ1n) is 6.05. The van der Waals surface area contributed by atoms with E-state index in [4.69, 9.17) is 0 Å². The van der Waals surface area contributed by atoms with Crippen LogP contribution in [-0.2, 0) is 6.42 Å². The Morgan fingerprint density at radius 2 is 2.50 bits per heavy atom. The molecule has 1 fully saturated rings. The molecule has 1 aromatic heterocycles. The molecule has 16 heavy (non-hydrogen) atoms. The van der Waals surface area contributed by atoms with Crippen molar-refractivity contribution >= 4 is 23.1 Å². The molecule has 0 aliphatic carbocycles. The lowest BCUT2D eigenvalue weighted by Crippen LogP contribution is -2.25. The molecule has 1 aromatic rings. The molecule has 0 radical (unpaired) electrons. The molecule has 2 rings (SSSR count). The van der Waals surface area contributed by atoms with E-state index in [1.807, 2.05) is 17.5 Å². The number of hydrogen-bond acceptors (Lipinski definition) is 4. The van der Waals surface area contributed by atoms with Crippen molar-refractivity contribution in [1.29, 1.82) is 0 Å². The molecule has 4 heteroatoms. The van der Waals surface area contributed by atoms with Gasteiger partial charge in [-0.25, -0.2) is 4.98 Å². The molecule has 2 nitrogen and oxygen atoms in total. The minimum Gasteiger partial charge on any atom is -0.308 e. The van der Waals surface area contributed by atoms with Crippen LogP contribution in [0.3, 0.4) is 0 Å². The average molecular weight is 256 g/mol. The van der Waals surface area contributed by atoms with E-state index < -0.39 is 0 Å². The van der Waals surface area contributed by atoms with Crippen LogP contribution in [0.25, 0.3) is 0 Å². The number of thioether (sulfide) groups is 1. The van der Waals surface area contributed by atoms with Gasteiger partial charge in [-0.1, -0.05) is 6.92 Å². The predicted molar refractivity (Wildman–Crippen MR) is 73.3 cm³/mol. The highest BCUT2D eigenvalue weighted by Gasteiger charge is 2.17. The Kier molecular flexibility index (Phi) is 4.67. The summed E-state index contributed by atoms with van der Waals surface area (Å²) in [4.78, 5) is 5.87. The second-order valence-corrected chi connectivity index (χ2v) is 6.67. The van der Waals surface area contributed by atoms with Gasteiger partial charge in [0.15, 0.2) is 0 Å². The van der Waals surface area contributed by atoms with Crippen LogP contribution in [0.1, 0.15) is 36.2 Å². The third-order valence-electron chi connectivity index (χ3n) is 3.03. The summed E-state index contributed by atoms with van der Waals surface area (Å²) in [6.07, 6.45) is 4.50. The number of rotatable bonds is 5. The third kappa shape index (κ3) is 3.22. The monoisotopic (exact) mass is 256 g/mol. The SMILES string of the molecule is CCc1cnc(C(C)NCC2CCSC2)s1. The molecule has 90 valence electrons. The van der Waals surface area contributed by atoms with E-state index in [0.29, 0.717) is 6.04 Å². The second-order valence-electron chi connectivity index (χ2n) is 4.38. The van der Waals surface area contributed by atoms with Gasteiger partial charge in [0, 0.05) is 11.1 Å². The van der Waals surface area contributed by atoms with Crippen molar-refractivity contribution in [1.82, 2.24) is 10.3 Å². The fourth-order valence-corrected chi connectivity index (χ4v) is 4.03. The molecule has 0 saturated carbocycles. The highest BCUT2D eigenvalue weighted by atomic mass is 32.2. The van der Waals surface area contributed by atoms with Gasteiger partial charge in [0.1, 0.15) is 5.01 Å². The topological polar surface area (TPSA) is 24.9 Å². The van der Waals surface area contributed by atoms with Crippen LogP contribution in [0.2, 0.25) is 0 Å². The third-order valence-corrected chi connectivity index (χ3v) is 5.58. The van der Waals surface area contributed by atoms with Gasteiger partial charge in [-0.2, -0.15) is 11.8 Å². The number of aryl methyl sites for hydroxylation is 1. The summed E-state index contributed by atoms with van der Waals surface area (Å²) >= 11 is 3.93. The van der Waals surface area contributed by atoms with E-state index in [1.54, 1.807) is 0 Å². The Bertz CT molecular complexity index is 319. The van der Waals surface area contributed by atoms with Crippen LogP contribution < -0.4 is 5.32 Å². The van der Waals surface area contributed by atoms with Crippen molar-refractivity contribution < 1.29 is 0 Å². The molecule has 1 saturated heterocycles. The molecule has 1 aliphatic rings. The highest BCUT2D eigenvalue weighted by molar-refractivity contribution is 7.99. The zero-order chi connectivity index (χ0) is 11.4. The lowest BCUT2D eigenvalue weighted by atomic mass is 10.1. The summed E-state index contributed by atoms with van der Waals surface area (Å²) < 4.78 is 0. The number of hydrogen-bond donors (Lipinski definition) is 1. The largest absolute Gasteiger partial charge is 0.308 e. The van der Waals surface area contributed by atoms with Gasteiger partial charge in [-0.15, -0.1) is 11.3 Å². The van der Waals surface area contributed by atoms with Gasteiger partial charge in [-0.05, 0) is 43.7 Å². The molecule has 2 atom stereocenters. The number of nitrogens with zero attached hydrogens (tertiary/aromatic N) is 1. The van der Waals surface area contributed by atoms with E-state index in [-0.39, 0.29) is 0 Å². The fourth-order valence-electron chi connectivity index (χ4n) is 1.86. The Morgan fingerprint density at radius 3 is 3.12 bits per heavy atom. The second kappa shape index (κ2) is 6.03. The molecule has 0 bridgehead atoms. The maximum absolute atomic E-state index is 4.48. The number of thiazole rings is 1. The lowest BCUT2D eigenvalue weighted by molar-refractivity contribution is 0.476. The van der Waals surface area contributed by atoms with Crippen LogP contribution in [-0.4, -0.2) is 23.0 Å². The summed E-state index contributed by atoms with van der Waals surface area (Å²) in [6, 6.07) is 0.413. The van der Waals surface area contributed by atoms with E-state index in [2.05, 4.69) is 35.9 Å². The molecule has 0 amide bonds. The first kappa shape index (κ1) is 12.4. The number of aromatic nitrogens is 1. The average Bonchev–Trinajstić information content (AvgIpc) is 2.96. The van der Waals surface area contributed by atoms with E-state index in [0.717, 1.165) is 18.9 Å². The van der Waals surface area contributed by atoms with Crippen molar-refractivity contribution in [2.45, 2.75) is 32.7 Å². The van der Waals surface area contributed by atoms with Gasteiger partial charge >= 0.3 is 0 Å². The van der Waals surface area contributed by atoms with Gasteiger partial charge < -0.3 is 5.32 Å². The van der Waals surface area contributed by atoms with Crippen molar-refractivity contribution in [2.75, 3.05) is 18.1 Å². The molecule has 2 unspecified atom stereocenters. The van der Waals surface area contributed by atoms with Crippen LogP contribution in [0.5, 0.6) is 0 Å². The molecule has 0 aromatic carbocycles. The zero-order valence-corrected chi connectivity index (χ0v) is 11.7. The first-order valence-corrected chi connectivity index (χ1v) is 8.02. The summed E-state index contributed by atoms with van der Waals surface area (Å²) in [5.74, 6) is 3.55. The standard InChI is InChI=1S/C12H20N2S2/c1-3-11-7-14-12(16-11)9(2)13-6-10-4-5-15-8-10/h7,9-10,13H,3-6,8H2,1-2H3. The maximum atomic E-state index is 4.48. The molecule has 1 aliphatic heterocycles. The Balaban J connectivity index is 1.80. The summed E-state index contributed by atoms with van der Waals surface area (Å²) in [7, 11) is 0. The number of nitrogens with one attached hydrogen (secondary N) is 1. The Labute approximate surface area is 106 Å². The molecule has 2 heterocycles. The van der Waals surface area contributed by atoms with Gasteiger partial charge in [0.25, 0.3) is 0 Å². The van der Waals surface area contributed by atoms with Crippen molar-refractivity contribution in [3.63, 3.8) is 0 Å². The van der Waals surface area contributed by atoms with Crippen LogP contribution in [0, 0.1) is 5.92 Å². The molecule has 1 N–H and O–H groups in total. The predicted octanol–water partition coefficient (Wildman–Crippen LogP) is 3.11. The smallest absolute Gasteiger partial charge is 0.109 e. The maximum Gasteiger partial charge on any atom is 0.109 e. The van der Waals surface area contributed by atoms with Gasteiger partial charge in [0.05, 0.1) is 6.04 Å². The van der Waals surface area contributed by atoms with E-state index in [9.17, 15) is 0 Å². The molecular formula is C12H20N2S2. The summed E-state index contributed by atoms with van der Waals surface area (Å²) in [5, 5.41) is 4.85. The summed E-state index contributed by atoms with van der Waals surface area (Å²) in [6.45, 7) is 5.56. The van der Waals surface area contributed by atoms with Crippen molar-refractivity contribution in [3.05, 3.63) is 16.1 Å². The first-order chi connectivity index (χ1) is 7.79. The van der Waals surface area contributed by atoms with Crippen molar-refractivity contribution in [3.8, 4) is 0 Å². The van der Waals surface area contributed by atoms with Gasteiger partial charge in [0.2, 0.25) is 0 Å². The molecular weight excluding hydrogens is 236 g/mol. The van der Waals surface area contributed by atoms with Crippen LogP contribution in [0.15, 0.2) is 6.20 Å². The van der Waals surface area contributed by atoms with E-state index in [1.165, 1.54) is 27.8 Å². The zero-order valence-electron chi connectivity index (χ0n) is 10.0. The van der Waals surface area contributed by atoms with Gasteiger partial charge in [-0.3, -0.25) is 0 Å². The molecule has 0 spiro atoms. The summed E-state index contributed by atoms with van der Waals surface area (Å²) in [5.41, 5.74) is 0. The minimum atomic E-state index is 0.413. The fraction of sp³-hybridized carbons (Fsp3) is 0.750.